The Morgan fingerprint density at radius 2 is 1.93 bits per heavy atom. The molecule has 0 aliphatic heterocycles. The van der Waals surface area contributed by atoms with Crippen LogP contribution in [0.1, 0.15) is 31.2 Å². The number of hydrogen-bond acceptors (Lipinski definition) is 2. The van der Waals surface area contributed by atoms with Crippen LogP contribution in [0.2, 0.25) is 0 Å². The molecular formula is C12H15NS. The van der Waals surface area contributed by atoms with E-state index in [1.807, 2.05) is 17.5 Å². The van der Waals surface area contributed by atoms with Crippen LogP contribution in [-0.4, -0.2) is 4.98 Å². The van der Waals surface area contributed by atoms with Crippen molar-refractivity contribution in [3.63, 3.8) is 0 Å². The van der Waals surface area contributed by atoms with Crippen molar-refractivity contribution in [1.29, 1.82) is 0 Å². The minimum absolute atomic E-state index is 0.194. The van der Waals surface area contributed by atoms with E-state index >= 15 is 0 Å². The van der Waals surface area contributed by atoms with Gasteiger partial charge >= 0.3 is 0 Å². The Morgan fingerprint density at radius 1 is 1.21 bits per heavy atom. The number of pyridine rings is 1. The Labute approximate surface area is 88.8 Å². The normalized spacial score (nSPS) is 12.3. The number of hydrogen-bond donors (Lipinski definition) is 0. The molecule has 0 aliphatic carbocycles. The molecule has 0 radical (unpaired) electrons. The molecular weight excluding hydrogens is 190 g/mol. The Kier molecular flexibility index (Phi) is 2.11. The number of aryl methyl sites for hydroxylation is 1. The average Bonchev–Trinajstić information content (AvgIpc) is 2.41. The van der Waals surface area contributed by atoms with Gasteiger partial charge in [0.15, 0.2) is 0 Å². The van der Waals surface area contributed by atoms with Crippen molar-refractivity contribution >= 4 is 21.6 Å². The standard InChI is InChI=1S/C12H15NS/c1-8-5-10-11(14-8)6-9(7-13-10)12(2,3)4/h5-7H,1-4H3. The maximum atomic E-state index is 4.48. The highest BCUT2D eigenvalue weighted by molar-refractivity contribution is 7.18. The van der Waals surface area contributed by atoms with Gasteiger partial charge < -0.3 is 0 Å². The maximum absolute atomic E-state index is 4.48. The zero-order chi connectivity index (χ0) is 10.3. The monoisotopic (exact) mass is 205 g/mol. The summed E-state index contributed by atoms with van der Waals surface area (Å²) >= 11 is 1.82. The summed E-state index contributed by atoms with van der Waals surface area (Å²) in [7, 11) is 0. The minimum Gasteiger partial charge on any atom is -0.255 e. The lowest BCUT2D eigenvalue weighted by Crippen LogP contribution is -2.10. The molecule has 2 aromatic heterocycles. The topological polar surface area (TPSA) is 12.9 Å². The third kappa shape index (κ3) is 1.67. The van der Waals surface area contributed by atoms with Crippen molar-refractivity contribution in [3.8, 4) is 0 Å². The van der Waals surface area contributed by atoms with Crippen molar-refractivity contribution in [3.05, 3.63) is 28.8 Å². The summed E-state index contributed by atoms with van der Waals surface area (Å²) in [6.45, 7) is 8.78. The van der Waals surface area contributed by atoms with Crippen molar-refractivity contribution in [2.75, 3.05) is 0 Å². The number of fused-ring (bicyclic) bond motifs is 1. The summed E-state index contributed by atoms with van der Waals surface area (Å²) in [5.41, 5.74) is 2.63. The third-order valence-electron chi connectivity index (χ3n) is 2.36. The predicted molar refractivity (Wildman–Crippen MR) is 63.1 cm³/mol. The minimum atomic E-state index is 0.194. The van der Waals surface area contributed by atoms with Gasteiger partial charge in [-0.15, -0.1) is 11.3 Å². The molecule has 0 saturated carbocycles. The fourth-order valence-electron chi connectivity index (χ4n) is 1.45. The largest absolute Gasteiger partial charge is 0.255 e. The molecule has 14 heavy (non-hydrogen) atoms. The van der Waals surface area contributed by atoms with E-state index in [1.165, 1.54) is 15.1 Å². The zero-order valence-corrected chi connectivity index (χ0v) is 9.90. The van der Waals surface area contributed by atoms with E-state index < -0.39 is 0 Å². The zero-order valence-electron chi connectivity index (χ0n) is 9.09. The molecule has 0 unspecified atom stereocenters. The summed E-state index contributed by atoms with van der Waals surface area (Å²) in [5.74, 6) is 0. The first kappa shape index (κ1) is 9.66. The lowest BCUT2D eigenvalue weighted by Gasteiger charge is -2.17. The van der Waals surface area contributed by atoms with Gasteiger partial charge in [0.1, 0.15) is 0 Å². The van der Waals surface area contributed by atoms with Crippen LogP contribution < -0.4 is 0 Å². The van der Waals surface area contributed by atoms with E-state index in [1.54, 1.807) is 0 Å². The SMILES string of the molecule is Cc1cc2ncc(C(C)(C)C)cc2s1. The number of thiophene rings is 1. The summed E-state index contributed by atoms with van der Waals surface area (Å²) in [6.07, 6.45) is 1.99. The van der Waals surface area contributed by atoms with Gasteiger partial charge in [0.05, 0.1) is 10.2 Å². The van der Waals surface area contributed by atoms with Crippen molar-refractivity contribution in [2.45, 2.75) is 33.1 Å². The van der Waals surface area contributed by atoms with Crippen molar-refractivity contribution < 1.29 is 0 Å². The molecule has 0 bridgehead atoms. The van der Waals surface area contributed by atoms with Gasteiger partial charge in [0.25, 0.3) is 0 Å². The Morgan fingerprint density at radius 3 is 2.57 bits per heavy atom. The predicted octanol–water partition coefficient (Wildman–Crippen LogP) is 3.90. The number of nitrogens with zero attached hydrogens (tertiary/aromatic N) is 1. The molecule has 0 atom stereocenters. The summed E-state index contributed by atoms with van der Waals surface area (Å²) in [5, 5.41) is 0. The molecule has 1 nitrogen and oxygen atoms in total. The van der Waals surface area contributed by atoms with Crippen LogP contribution in [0.3, 0.4) is 0 Å². The lowest BCUT2D eigenvalue weighted by atomic mass is 9.88. The van der Waals surface area contributed by atoms with Crippen LogP contribution >= 0.6 is 11.3 Å². The smallest absolute Gasteiger partial charge is 0.0812 e. The van der Waals surface area contributed by atoms with E-state index in [4.69, 9.17) is 0 Å². The first-order valence-electron chi connectivity index (χ1n) is 4.83. The third-order valence-corrected chi connectivity index (χ3v) is 3.35. The van der Waals surface area contributed by atoms with Gasteiger partial charge in [0.2, 0.25) is 0 Å². The van der Waals surface area contributed by atoms with E-state index in [9.17, 15) is 0 Å². The van der Waals surface area contributed by atoms with Gasteiger partial charge in [-0.2, -0.15) is 0 Å². The highest BCUT2D eigenvalue weighted by Crippen LogP contribution is 2.28. The van der Waals surface area contributed by atoms with Crippen LogP contribution in [0.5, 0.6) is 0 Å². The van der Waals surface area contributed by atoms with E-state index in [0.717, 1.165) is 5.52 Å². The molecule has 0 N–H and O–H groups in total. The van der Waals surface area contributed by atoms with Crippen molar-refractivity contribution in [2.24, 2.45) is 0 Å². The van der Waals surface area contributed by atoms with Gasteiger partial charge in [-0.05, 0) is 30.0 Å². The van der Waals surface area contributed by atoms with Gasteiger partial charge in [-0.3, -0.25) is 4.98 Å². The van der Waals surface area contributed by atoms with Crippen LogP contribution in [0, 0.1) is 6.92 Å². The molecule has 2 heterocycles. The summed E-state index contributed by atoms with van der Waals surface area (Å²) < 4.78 is 1.30. The second-order valence-electron chi connectivity index (χ2n) is 4.71. The molecule has 2 rings (SSSR count). The second-order valence-corrected chi connectivity index (χ2v) is 6.00. The first-order valence-corrected chi connectivity index (χ1v) is 5.65. The quantitative estimate of drug-likeness (QED) is 0.635. The van der Waals surface area contributed by atoms with Crippen molar-refractivity contribution in [1.82, 2.24) is 4.98 Å². The fourth-order valence-corrected chi connectivity index (χ4v) is 2.37. The highest BCUT2D eigenvalue weighted by Gasteiger charge is 2.14. The molecule has 2 heteroatoms. The first-order chi connectivity index (χ1) is 6.47. The number of rotatable bonds is 0. The van der Waals surface area contributed by atoms with Crippen LogP contribution in [0.25, 0.3) is 10.2 Å². The van der Waals surface area contributed by atoms with Gasteiger partial charge in [-0.25, -0.2) is 0 Å². The Hall–Kier alpha value is -0.890. The number of aromatic nitrogens is 1. The Balaban J connectivity index is 2.62. The average molecular weight is 205 g/mol. The molecule has 0 spiro atoms. The van der Waals surface area contributed by atoms with Gasteiger partial charge in [-0.1, -0.05) is 20.8 Å². The van der Waals surface area contributed by atoms with E-state index in [2.05, 4.69) is 44.8 Å². The fraction of sp³-hybridized carbons (Fsp3) is 0.417. The van der Waals surface area contributed by atoms with Crippen LogP contribution in [0.15, 0.2) is 18.3 Å². The molecule has 74 valence electrons. The molecule has 0 aliphatic rings. The lowest BCUT2D eigenvalue weighted by molar-refractivity contribution is 0.589. The molecule has 0 saturated heterocycles. The van der Waals surface area contributed by atoms with E-state index in [-0.39, 0.29) is 5.41 Å². The maximum Gasteiger partial charge on any atom is 0.0812 e. The molecule has 0 amide bonds. The van der Waals surface area contributed by atoms with E-state index in [0.29, 0.717) is 0 Å². The molecule has 2 aromatic rings. The van der Waals surface area contributed by atoms with Gasteiger partial charge in [0, 0.05) is 11.1 Å². The Bertz CT molecular complexity index is 463. The summed E-state index contributed by atoms with van der Waals surface area (Å²) in [6, 6.07) is 4.41. The summed E-state index contributed by atoms with van der Waals surface area (Å²) in [4.78, 5) is 5.81. The van der Waals surface area contributed by atoms with Crippen LogP contribution in [-0.2, 0) is 5.41 Å². The second kappa shape index (κ2) is 3.06. The highest BCUT2D eigenvalue weighted by atomic mass is 32.1. The molecule has 0 fully saturated rings. The molecule has 0 aromatic carbocycles. The van der Waals surface area contributed by atoms with Crippen LogP contribution in [0.4, 0.5) is 0 Å².